The van der Waals surface area contributed by atoms with Gasteiger partial charge < -0.3 is 15.4 Å². The molecule has 2 fully saturated rings. The number of piperidine rings is 1. The third-order valence-corrected chi connectivity index (χ3v) is 4.20. The molecule has 0 bridgehead atoms. The number of nitrogens with one attached hydrogen (secondary N) is 2. The van der Waals surface area contributed by atoms with E-state index in [0.717, 1.165) is 38.0 Å². The van der Waals surface area contributed by atoms with Crippen LogP contribution in [0.15, 0.2) is 12.4 Å². The Bertz CT molecular complexity index is 467. The van der Waals surface area contributed by atoms with Gasteiger partial charge in [-0.25, -0.2) is 0 Å². The van der Waals surface area contributed by atoms with Crippen LogP contribution in [0.1, 0.15) is 32.2 Å². The maximum absolute atomic E-state index is 12.1. The molecule has 2 atom stereocenters. The van der Waals surface area contributed by atoms with Crippen molar-refractivity contribution in [3.63, 3.8) is 0 Å². The summed E-state index contributed by atoms with van der Waals surface area (Å²) in [6, 6.07) is 0.434. The summed E-state index contributed by atoms with van der Waals surface area (Å²) in [5, 5.41) is 10.6. The van der Waals surface area contributed by atoms with E-state index in [2.05, 4.69) is 22.7 Å². The molecular weight excluding hydrogens is 256 g/mol. The smallest absolute Gasteiger partial charge is 0.253 e. The van der Waals surface area contributed by atoms with E-state index >= 15 is 0 Å². The monoisotopic (exact) mass is 278 g/mol. The largest absolute Gasteiger partial charge is 0.368 e. The van der Waals surface area contributed by atoms with Gasteiger partial charge in [0, 0.05) is 12.8 Å². The van der Waals surface area contributed by atoms with Gasteiger partial charge in [-0.05, 0) is 38.3 Å². The van der Waals surface area contributed by atoms with Crippen LogP contribution in [0, 0.1) is 5.92 Å². The van der Waals surface area contributed by atoms with Crippen molar-refractivity contribution in [1.29, 1.82) is 0 Å². The normalized spacial score (nSPS) is 27.6. The average molecular weight is 278 g/mol. The van der Waals surface area contributed by atoms with Crippen molar-refractivity contribution < 1.29 is 9.53 Å². The molecule has 2 N–H and O–H groups in total. The van der Waals surface area contributed by atoms with Gasteiger partial charge in [0.05, 0.1) is 17.9 Å². The summed E-state index contributed by atoms with van der Waals surface area (Å²) in [7, 11) is 0. The summed E-state index contributed by atoms with van der Waals surface area (Å²) < 4.78 is 7.44. The first-order valence-corrected chi connectivity index (χ1v) is 7.41. The van der Waals surface area contributed by atoms with Gasteiger partial charge in [0.15, 0.2) is 0 Å². The zero-order valence-electron chi connectivity index (χ0n) is 11.8. The topological polar surface area (TPSA) is 68.2 Å². The van der Waals surface area contributed by atoms with E-state index in [4.69, 9.17) is 4.74 Å². The summed E-state index contributed by atoms with van der Waals surface area (Å²) in [6.07, 6.45) is 6.44. The zero-order valence-corrected chi connectivity index (χ0v) is 11.8. The predicted molar refractivity (Wildman–Crippen MR) is 75.5 cm³/mol. The highest BCUT2D eigenvalue weighted by atomic mass is 16.5. The van der Waals surface area contributed by atoms with Gasteiger partial charge in [0.1, 0.15) is 6.10 Å². The highest BCUT2D eigenvalue weighted by molar-refractivity contribution is 5.94. The van der Waals surface area contributed by atoms with Crippen molar-refractivity contribution in [2.75, 3.05) is 25.0 Å². The molecule has 1 amide bonds. The lowest BCUT2D eigenvalue weighted by Gasteiger charge is -2.22. The molecule has 20 heavy (non-hydrogen) atoms. The molecular formula is C14H22N4O2. The first-order chi connectivity index (χ1) is 9.74. The van der Waals surface area contributed by atoms with Crippen molar-refractivity contribution in [2.24, 2.45) is 5.92 Å². The molecule has 2 saturated heterocycles. The summed E-state index contributed by atoms with van der Waals surface area (Å²) in [5.74, 6) is 0.231. The number of anilines is 1. The Morgan fingerprint density at radius 1 is 1.45 bits per heavy atom. The number of carbonyl (C=O) groups excluding carboxylic acids is 1. The molecule has 2 aliphatic heterocycles. The van der Waals surface area contributed by atoms with E-state index in [-0.39, 0.29) is 17.9 Å². The van der Waals surface area contributed by atoms with E-state index in [1.165, 1.54) is 0 Å². The number of rotatable bonds is 3. The second kappa shape index (κ2) is 5.93. The lowest BCUT2D eigenvalue weighted by atomic mass is 10.0. The Kier molecular flexibility index (Phi) is 4.03. The third-order valence-electron chi connectivity index (χ3n) is 4.20. The highest BCUT2D eigenvalue weighted by Gasteiger charge is 2.31. The van der Waals surface area contributed by atoms with Gasteiger partial charge in [-0.3, -0.25) is 9.48 Å². The second-order valence-corrected chi connectivity index (χ2v) is 5.74. The Morgan fingerprint density at radius 2 is 2.25 bits per heavy atom. The molecule has 0 aromatic carbocycles. The van der Waals surface area contributed by atoms with Gasteiger partial charge in [0.2, 0.25) is 0 Å². The number of amides is 1. The lowest BCUT2D eigenvalue weighted by Crippen LogP contribution is -2.31. The summed E-state index contributed by atoms with van der Waals surface area (Å²) in [4.78, 5) is 12.1. The summed E-state index contributed by atoms with van der Waals surface area (Å²) >= 11 is 0. The molecule has 3 rings (SSSR count). The fourth-order valence-electron chi connectivity index (χ4n) is 2.92. The van der Waals surface area contributed by atoms with Crippen LogP contribution in [0.2, 0.25) is 0 Å². The Hall–Kier alpha value is -1.40. The standard InChI is InChI=1S/C14H22N4O2/c1-10-4-7-20-13(10)14(19)17-11-8-16-18(9-11)12-2-5-15-6-3-12/h8-10,12-13,15H,2-7H2,1H3,(H,17,19). The molecule has 3 heterocycles. The van der Waals surface area contributed by atoms with Crippen LogP contribution < -0.4 is 10.6 Å². The highest BCUT2D eigenvalue weighted by Crippen LogP contribution is 2.23. The Morgan fingerprint density at radius 3 is 2.95 bits per heavy atom. The van der Waals surface area contributed by atoms with Crippen LogP contribution in [-0.2, 0) is 9.53 Å². The van der Waals surface area contributed by atoms with Crippen LogP contribution in [0.4, 0.5) is 5.69 Å². The molecule has 2 aliphatic rings. The van der Waals surface area contributed by atoms with Gasteiger partial charge in [-0.1, -0.05) is 6.92 Å². The number of nitrogens with zero attached hydrogens (tertiary/aromatic N) is 2. The minimum absolute atomic E-state index is 0.0557. The summed E-state index contributed by atoms with van der Waals surface area (Å²) in [6.45, 7) is 4.78. The van der Waals surface area contributed by atoms with Gasteiger partial charge in [-0.2, -0.15) is 5.10 Å². The van der Waals surface area contributed by atoms with Crippen LogP contribution in [0.5, 0.6) is 0 Å². The zero-order chi connectivity index (χ0) is 13.9. The minimum Gasteiger partial charge on any atom is -0.368 e. The molecule has 0 radical (unpaired) electrons. The molecule has 110 valence electrons. The first-order valence-electron chi connectivity index (χ1n) is 7.41. The quantitative estimate of drug-likeness (QED) is 0.871. The van der Waals surface area contributed by atoms with Gasteiger partial charge >= 0.3 is 0 Å². The van der Waals surface area contributed by atoms with Crippen LogP contribution in [-0.4, -0.2) is 41.5 Å². The van der Waals surface area contributed by atoms with Crippen LogP contribution in [0.25, 0.3) is 0 Å². The number of aromatic nitrogens is 2. The van der Waals surface area contributed by atoms with Crippen LogP contribution >= 0.6 is 0 Å². The predicted octanol–water partition coefficient (Wildman–Crippen LogP) is 1.17. The van der Waals surface area contributed by atoms with E-state index in [1.54, 1.807) is 6.20 Å². The van der Waals surface area contributed by atoms with E-state index in [1.807, 2.05) is 10.9 Å². The minimum atomic E-state index is -0.322. The van der Waals surface area contributed by atoms with Crippen LogP contribution in [0.3, 0.4) is 0 Å². The molecule has 6 heteroatoms. The van der Waals surface area contributed by atoms with Crippen molar-refractivity contribution in [1.82, 2.24) is 15.1 Å². The Balaban J connectivity index is 1.60. The average Bonchev–Trinajstić information content (AvgIpc) is 3.09. The number of ether oxygens (including phenoxy) is 1. The SMILES string of the molecule is CC1CCOC1C(=O)Nc1cnn(C2CCNCC2)c1. The van der Waals surface area contributed by atoms with Gasteiger partial charge in [-0.15, -0.1) is 0 Å². The second-order valence-electron chi connectivity index (χ2n) is 5.74. The van der Waals surface area contributed by atoms with E-state index in [0.29, 0.717) is 12.6 Å². The number of hydrogen-bond acceptors (Lipinski definition) is 4. The van der Waals surface area contributed by atoms with Crippen molar-refractivity contribution >= 4 is 11.6 Å². The molecule has 0 spiro atoms. The van der Waals surface area contributed by atoms with E-state index < -0.39 is 0 Å². The molecule has 1 aromatic heterocycles. The number of carbonyl (C=O) groups is 1. The summed E-state index contributed by atoms with van der Waals surface area (Å²) in [5.41, 5.74) is 0.760. The van der Waals surface area contributed by atoms with E-state index in [9.17, 15) is 4.79 Å². The number of hydrogen-bond donors (Lipinski definition) is 2. The molecule has 0 saturated carbocycles. The fraction of sp³-hybridized carbons (Fsp3) is 0.714. The van der Waals surface area contributed by atoms with Gasteiger partial charge in [0.25, 0.3) is 5.91 Å². The first kappa shape index (κ1) is 13.6. The molecule has 2 unspecified atom stereocenters. The van der Waals surface area contributed by atoms with Crippen molar-refractivity contribution in [3.05, 3.63) is 12.4 Å². The third kappa shape index (κ3) is 2.86. The Labute approximate surface area is 118 Å². The van der Waals surface area contributed by atoms with Crippen molar-refractivity contribution in [2.45, 2.75) is 38.3 Å². The van der Waals surface area contributed by atoms with Crippen molar-refractivity contribution in [3.8, 4) is 0 Å². The molecule has 6 nitrogen and oxygen atoms in total. The molecule has 0 aliphatic carbocycles. The fourth-order valence-corrected chi connectivity index (χ4v) is 2.92. The molecule has 1 aromatic rings. The lowest BCUT2D eigenvalue weighted by molar-refractivity contribution is -0.126. The maximum atomic E-state index is 12.1. The maximum Gasteiger partial charge on any atom is 0.253 e.